The van der Waals surface area contributed by atoms with Crippen LogP contribution in [0.4, 0.5) is 0 Å². The monoisotopic (exact) mass is 189 g/mol. The average Bonchev–Trinajstić information content (AvgIpc) is 2.65. The van der Waals surface area contributed by atoms with Crippen molar-refractivity contribution in [1.82, 2.24) is 4.98 Å². The van der Waals surface area contributed by atoms with Gasteiger partial charge in [0.25, 0.3) is 0 Å². The van der Waals surface area contributed by atoms with Crippen molar-refractivity contribution >= 4 is 21.6 Å². The second kappa shape index (κ2) is 2.81. The van der Waals surface area contributed by atoms with Gasteiger partial charge in [0.1, 0.15) is 0 Å². The van der Waals surface area contributed by atoms with E-state index >= 15 is 0 Å². The van der Waals surface area contributed by atoms with Crippen LogP contribution in [0.1, 0.15) is 24.0 Å². The van der Waals surface area contributed by atoms with E-state index in [0.29, 0.717) is 0 Å². The highest BCUT2D eigenvalue weighted by atomic mass is 32.1. The van der Waals surface area contributed by atoms with Gasteiger partial charge >= 0.3 is 0 Å². The van der Waals surface area contributed by atoms with Crippen molar-refractivity contribution < 1.29 is 0 Å². The van der Waals surface area contributed by atoms with Crippen molar-refractivity contribution in [3.05, 3.63) is 28.8 Å². The van der Waals surface area contributed by atoms with Gasteiger partial charge in [-0.3, -0.25) is 0 Å². The molecule has 1 aliphatic rings. The van der Waals surface area contributed by atoms with Crippen LogP contribution in [0.2, 0.25) is 0 Å². The third-order valence-corrected chi connectivity index (χ3v) is 3.72. The van der Waals surface area contributed by atoms with E-state index in [4.69, 9.17) is 0 Å². The van der Waals surface area contributed by atoms with Gasteiger partial charge in [-0.25, -0.2) is 4.98 Å². The summed E-state index contributed by atoms with van der Waals surface area (Å²) < 4.78 is 1.43. The van der Waals surface area contributed by atoms with Crippen LogP contribution in [0, 0.1) is 0 Å². The van der Waals surface area contributed by atoms with Crippen LogP contribution < -0.4 is 0 Å². The van der Waals surface area contributed by atoms with Gasteiger partial charge in [-0.2, -0.15) is 0 Å². The van der Waals surface area contributed by atoms with E-state index in [0.717, 1.165) is 0 Å². The maximum absolute atomic E-state index is 4.35. The standard InChI is InChI=1S/C11H11NS/c1-2-4-9-8(3-1)5-6-10-11(9)13-7-12-10/h5-7H,1-4H2. The zero-order valence-electron chi connectivity index (χ0n) is 7.42. The summed E-state index contributed by atoms with van der Waals surface area (Å²) >= 11 is 1.79. The zero-order valence-corrected chi connectivity index (χ0v) is 8.23. The molecule has 3 rings (SSSR count). The molecular weight excluding hydrogens is 178 g/mol. The maximum atomic E-state index is 4.35. The molecule has 0 spiro atoms. The minimum atomic E-state index is 1.19. The van der Waals surface area contributed by atoms with Crippen molar-refractivity contribution in [3.8, 4) is 0 Å². The first-order valence-electron chi connectivity index (χ1n) is 4.79. The van der Waals surface area contributed by atoms with E-state index in [1.54, 1.807) is 22.5 Å². The van der Waals surface area contributed by atoms with E-state index in [1.807, 2.05) is 5.51 Å². The van der Waals surface area contributed by atoms with Crippen LogP contribution in [0.25, 0.3) is 10.2 Å². The van der Waals surface area contributed by atoms with Crippen LogP contribution in [-0.2, 0) is 12.8 Å². The van der Waals surface area contributed by atoms with Gasteiger partial charge in [-0.15, -0.1) is 11.3 Å². The Hall–Kier alpha value is -0.890. The predicted octanol–water partition coefficient (Wildman–Crippen LogP) is 3.18. The summed E-state index contributed by atoms with van der Waals surface area (Å²) in [7, 11) is 0. The van der Waals surface area contributed by atoms with Crippen LogP contribution in [0.3, 0.4) is 0 Å². The third kappa shape index (κ3) is 1.09. The second-order valence-electron chi connectivity index (χ2n) is 3.61. The molecule has 0 amide bonds. The first kappa shape index (κ1) is 7.51. The molecule has 0 atom stereocenters. The van der Waals surface area contributed by atoms with E-state index < -0.39 is 0 Å². The van der Waals surface area contributed by atoms with Crippen molar-refractivity contribution in [2.75, 3.05) is 0 Å². The highest BCUT2D eigenvalue weighted by Crippen LogP contribution is 2.30. The Morgan fingerprint density at radius 2 is 2.08 bits per heavy atom. The maximum Gasteiger partial charge on any atom is 0.0815 e. The number of benzene rings is 1. The van der Waals surface area contributed by atoms with Crippen molar-refractivity contribution in [2.45, 2.75) is 25.7 Å². The number of aromatic nitrogens is 1. The highest BCUT2D eigenvalue weighted by molar-refractivity contribution is 7.17. The molecule has 0 radical (unpaired) electrons. The molecule has 0 unspecified atom stereocenters. The molecule has 13 heavy (non-hydrogen) atoms. The molecule has 2 heteroatoms. The van der Waals surface area contributed by atoms with E-state index in [9.17, 15) is 0 Å². The number of thiazole rings is 1. The lowest BCUT2D eigenvalue weighted by Crippen LogP contribution is -2.01. The van der Waals surface area contributed by atoms with Crippen molar-refractivity contribution in [1.29, 1.82) is 0 Å². The number of aryl methyl sites for hydroxylation is 2. The van der Waals surface area contributed by atoms with Gasteiger partial charge in [0, 0.05) is 0 Å². The highest BCUT2D eigenvalue weighted by Gasteiger charge is 2.12. The average molecular weight is 189 g/mol. The Kier molecular flexibility index (Phi) is 1.62. The van der Waals surface area contributed by atoms with Crippen LogP contribution in [-0.4, -0.2) is 4.98 Å². The Bertz CT molecular complexity index is 444. The Morgan fingerprint density at radius 1 is 1.15 bits per heavy atom. The fourth-order valence-electron chi connectivity index (χ4n) is 2.15. The van der Waals surface area contributed by atoms with Crippen molar-refractivity contribution in [2.24, 2.45) is 0 Å². The summed E-state index contributed by atoms with van der Waals surface area (Å²) in [6.07, 6.45) is 5.24. The van der Waals surface area contributed by atoms with E-state index in [-0.39, 0.29) is 0 Å². The largest absolute Gasteiger partial charge is 0.245 e. The topological polar surface area (TPSA) is 12.9 Å². The first-order valence-corrected chi connectivity index (χ1v) is 5.67. The normalized spacial score (nSPS) is 16.0. The number of hydrogen-bond acceptors (Lipinski definition) is 2. The number of rotatable bonds is 0. The van der Waals surface area contributed by atoms with Gasteiger partial charge in [0.15, 0.2) is 0 Å². The van der Waals surface area contributed by atoms with E-state index in [1.165, 1.54) is 35.9 Å². The minimum absolute atomic E-state index is 1.19. The van der Waals surface area contributed by atoms with Crippen LogP contribution in [0.15, 0.2) is 17.6 Å². The quantitative estimate of drug-likeness (QED) is 0.620. The zero-order chi connectivity index (χ0) is 8.67. The lowest BCUT2D eigenvalue weighted by Gasteiger charge is -2.15. The van der Waals surface area contributed by atoms with Gasteiger partial charge in [-0.05, 0) is 42.9 Å². The second-order valence-corrected chi connectivity index (χ2v) is 4.47. The fraction of sp³-hybridized carbons (Fsp3) is 0.364. The summed E-state index contributed by atoms with van der Waals surface area (Å²) in [6, 6.07) is 4.42. The first-order chi connectivity index (χ1) is 6.45. The SMILES string of the molecule is c1nc2ccc3c(c2s1)CCCC3. The lowest BCUT2D eigenvalue weighted by molar-refractivity contribution is 0.690. The predicted molar refractivity (Wildman–Crippen MR) is 56.3 cm³/mol. The van der Waals surface area contributed by atoms with Gasteiger partial charge in [0.05, 0.1) is 15.7 Å². The summed E-state index contributed by atoms with van der Waals surface area (Å²) in [4.78, 5) is 4.35. The molecule has 0 bridgehead atoms. The molecule has 0 aliphatic heterocycles. The van der Waals surface area contributed by atoms with Gasteiger partial charge in [0.2, 0.25) is 0 Å². The Labute approximate surface area is 81.4 Å². The number of hydrogen-bond donors (Lipinski definition) is 0. The summed E-state index contributed by atoms with van der Waals surface area (Å²) in [5, 5.41) is 0. The summed E-state index contributed by atoms with van der Waals surface area (Å²) in [5.41, 5.74) is 6.28. The molecule has 0 fully saturated rings. The lowest BCUT2D eigenvalue weighted by atomic mass is 9.91. The third-order valence-electron chi connectivity index (χ3n) is 2.82. The molecule has 0 N–H and O–H groups in total. The molecule has 1 aromatic carbocycles. The van der Waals surface area contributed by atoms with Crippen LogP contribution in [0.5, 0.6) is 0 Å². The summed E-state index contributed by atoms with van der Waals surface area (Å²) in [6.45, 7) is 0. The molecule has 0 saturated carbocycles. The molecule has 1 nitrogen and oxygen atoms in total. The summed E-state index contributed by atoms with van der Waals surface area (Å²) in [5.74, 6) is 0. The molecular formula is C11H11NS. The Balaban J connectivity index is 2.34. The number of fused-ring (bicyclic) bond motifs is 3. The molecule has 1 heterocycles. The molecule has 1 aromatic heterocycles. The number of nitrogens with zero attached hydrogens (tertiary/aromatic N) is 1. The van der Waals surface area contributed by atoms with Gasteiger partial charge in [-0.1, -0.05) is 6.07 Å². The molecule has 66 valence electrons. The fourth-order valence-corrected chi connectivity index (χ4v) is 3.04. The van der Waals surface area contributed by atoms with Crippen molar-refractivity contribution in [3.63, 3.8) is 0 Å². The van der Waals surface area contributed by atoms with E-state index in [2.05, 4.69) is 17.1 Å². The smallest absolute Gasteiger partial charge is 0.0815 e. The van der Waals surface area contributed by atoms with Crippen LogP contribution >= 0.6 is 11.3 Å². The molecule has 2 aromatic rings. The minimum Gasteiger partial charge on any atom is -0.245 e. The molecule has 1 aliphatic carbocycles. The Morgan fingerprint density at radius 3 is 3.08 bits per heavy atom. The molecule has 0 saturated heterocycles. The van der Waals surface area contributed by atoms with Gasteiger partial charge < -0.3 is 0 Å².